The van der Waals surface area contributed by atoms with Crippen molar-refractivity contribution in [3.63, 3.8) is 0 Å². The van der Waals surface area contributed by atoms with Crippen molar-refractivity contribution in [3.05, 3.63) is 59.7 Å². The molecule has 0 radical (unpaired) electrons. The molecule has 1 saturated heterocycles. The second-order valence-corrected chi connectivity index (χ2v) is 6.56. The van der Waals surface area contributed by atoms with Crippen LogP contribution in [0.2, 0.25) is 0 Å². The molecule has 0 atom stereocenters. The van der Waals surface area contributed by atoms with Crippen molar-refractivity contribution in [2.75, 3.05) is 16.8 Å². The van der Waals surface area contributed by atoms with Gasteiger partial charge in [0, 0.05) is 30.8 Å². The number of carbonyl (C=O) groups is 3. The van der Waals surface area contributed by atoms with Gasteiger partial charge < -0.3 is 15.3 Å². The van der Waals surface area contributed by atoms with Crippen LogP contribution in [0.25, 0.3) is 0 Å². The van der Waals surface area contributed by atoms with Crippen molar-refractivity contribution >= 4 is 29.2 Å². The van der Waals surface area contributed by atoms with Crippen molar-refractivity contribution in [2.45, 2.75) is 32.1 Å². The van der Waals surface area contributed by atoms with Crippen molar-refractivity contribution in [3.8, 4) is 0 Å². The minimum Gasteiger partial charge on any atom is -0.478 e. The number of hydrogen-bond donors (Lipinski definition) is 2. The Morgan fingerprint density at radius 1 is 1.07 bits per heavy atom. The molecule has 1 aliphatic heterocycles. The van der Waals surface area contributed by atoms with Crippen LogP contribution in [-0.2, 0) is 16.0 Å². The number of piperidine rings is 1. The van der Waals surface area contributed by atoms with E-state index in [-0.39, 0.29) is 23.8 Å². The van der Waals surface area contributed by atoms with Gasteiger partial charge in [0.1, 0.15) is 0 Å². The highest BCUT2D eigenvalue weighted by atomic mass is 16.4. The molecule has 27 heavy (non-hydrogen) atoms. The number of benzene rings is 2. The zero-order valence-electron chi connectivity index (χ0n) is 15.0. The molecule has 3 rings (SSSR count). The van der Waals surface area contributed by atoms with Gasteiger partial charge in [0.15, 0.2) is 0 Å². The average Bonchev–Trinajstić information content (AvgIpc) is 2.67. The Morgan fingerprint density at radius 2 is 1.89 bits per heavy atom. The first-order chi connectivity index (χ1) is 13.0. The highest BCUT2D eigenvalue weighted by Crippen LogP contribution is 2.24. The number of nitrogens with zero attached hydrogens (tertiary/aromatic N) is 1. The molecule has 0 saturated carbocycles. The summed E-state index contributed by atoms with van der Waals surface area (Å²) in [6.07, 6.45) is 2.98. The number of aryl methyl sites for hydroxylation is 1. The lowest BCUT2D eigenvalue weighted by atomic mass is 10.0. The van der Waals surface area contributed by atoms with Crippen LogP contribution in [0.3, 0.4) is 0 Å². The zero-order valence-corrected chi connectivity index (χ0v) is 15.0. The Balaban J connectivity index is 1.62. The summed E-state index contributed by atoms with van der Waals surface area (Å²) >= 11 is 0. The molecule has 0 aliphatic carbocycles. The molecule has 2 aromatic carbocycles. The van der Waals surface area contributed by atoms with Crippen LogP contribution in [0.5, 0.6) is 0 Å². The van der Waals surface area contributed by atoms with Crippen LogP contribution in [0, 0.1) is 0 Å². The summed E-state index contributed by atoms with van der Waals surface area (Å²) in [7, 11) is 0. The van der Waals surface area contributed by atoms with Crippen molar-refractivity contribution < 1.29 is 19.5 Å². The Hall–Kier alpha value is -3.15. The minimum absolute atomic E-state index is 0.106. The Bertz CT molecular complexity index is 863. The Labute approximate surface area is 157 Å². The molecule has 2 aromatic rings. The van der Waals surface area contributed by atoms with Crippen molar-refractivity contribution in [1.29, 1.82) is 0 Å². The predicted molar refractivity (Wildman–Crippen MR) is 103 cm³/mol. The lowest BCUT2D eigenvalue weighted by Gasteiger charge is -2.27. The average molecular weight is 366 g/mol. The van der Waals surface area contributed by atoms with E-state index in [1.54, 1.807) is 35.2 Å². The number of hydrogen-bond acceptors (Lipinski definition) is 3. The van der Waals surface area contributed by atoms with Crippen molar-refractivity contribution in [1.82, 2.24) is 0 Å². The zero-order chi connectivity index (χ0) is 19.2. The van der Waals surface area contributed by atoms with Crippen LogP contribution >= 0.6 is 0 Å². The van der Waals surface area contributed by atoms with Gasteiger partial charge in [-0.05, 0) is 49.1 Å². The van der Waals surface area contributed by atoms with E-state index in [0.29, 0.717) is 30.6 Å². The molecule has 1 heterocycles. The molecule has 0 bridgehead atoms. The van der Waals surface area contributed by atoms with E-state index in [2.05, 4.69) is 5.32 Å². The van der Waals surface area contributed by atoms with Crippen LogP contribution in [0.15, 0.2) is 48.5 Å². The second kappa shape index (κ2) is 8.49. The lowest BCUT2D eigenvalue weighted by Crippen LogP contribution is -2.35. The Morgan fingerprint density at radius 3 is 2.67 bits per heavy atom. The number of carboxylic acids is 1. The number of amides is 2. The number of anilines is 2. The third-order valence-corrected chi connectivity index (χ3v) is 4.63. The van der Waals surface area contributed by atoms with Gasteiger partial charge in [-0.1, -0.05) is 24.3 Å². The predicted octanol–water partition coefficient (Wildman–Crippen LogP) is 3.47. The van der Waals surface area contributed by atoms with Crippen LogP contribution in [-0.4, -0.2) is 29.4 Å². The van der Waals surface area contributed by atoms with Gasteiger partial charge in [-0.15, -0.1) is 0 Å². The summed E-state index contributed by atoms with van der Waals surface area (Å²) in [6.45, 7) is 0.697. The van der Waals surface area contributed by atoms with E-state index in [9.17, 15) is 19.5 Å². The lowest BCUT2D eigenvalue weighted by molar-refractivity contribution is -0.119. The van der Waals surface area contributed by atoms with Gasteiger partial charge in [-0.25, -0.2) is 4.79 Å². The van der Waals surface area contributed by atoms with Crippen molar-refractivity contribution in [2.24, 2.45) is 0 Å². The quantitative estimate of drug-likeness (QED) is 0.819. The van der Waals surface area contributed by atoms with E-state index in [4.69, 9.17) is 0 Å². The maximum Gasteiger partial charge on any atom is 0.335 e. The summed E-state index contributed by atoms with van der Waals surface area (Å²) in [6, 6.07) is 13.9. The topological polar surface area (TPSA) is 86.7 Å². The highest BCUT2D eigenvalue weighted by molar-refractivity contribution is 5.96. The van der Waals surface area contributed by atoms with E-state index >= 15 is 0 Å². The number of carboxylic acid groups (broad SMARTS) is 1. The molecule has 0 unspecified atom stereocenters. The largest absolute Gasteiger partial charge is 0.478 e. The first-order valence-electron chi connectivity index (χ1n) is 9.06. The monoisotopic (exact) mass is 366 g/mol. The molecule has 2 amide bonds. The van der Waals surface area contributed by atoms with Crippen LogP contribution < -0.4 is 10.2 Å². The molecule has 140 valence electrons. The molecule has 6 heteroatoms. The molecule has 1 fully saturated rings. The summed E-state index contributed by atoms with van der Waals surface area (Å²) in [5.74, 6) is -1.09. The number of nitrogens with one attached hydrogen (secondary N) is 1. The molecule has 2 N–H and O–H groups in total. The number of carbonyl (C=O) groups excluding carboxylic acids is 2. The molecule has 0 aromatic heterocycles. The summed E-state index contributed by atoms with van der Waals surface area (Å²) < 4.78 is 0. The number of aromatic carboxylic acids is 1. The van der Waals surface area contributed by atoms with E-state index in [1.165, 1.54) is 6.07 Å². The smallest absolute Gasteiger partial charge is 0.335 e. The molecule has 0 spiro atoms. The SMILES string of the molecule is O=C(CCc1ccccc1C(=O)O)Nc1cccc(N2CCCCC2=O)c1. The van der Waals surface area contributed by atoms with Crippen LogP contribution in [0.4, 0.5) is 11.4 Å². The Kier molecular flexibility index (Phi) is 5.86. The number of rotatable bonds is 6. The fourth-order valence-corrected chi connectivity index (χ4v) is 3.25. The minimum atomic E-state index is -0.995. The van der Waals surface area contributed by atoms with Gasteiger partial charge >= 0.3 is 5.97 Å². The fraction of sp³-hybridized carbons (Fsp3) is 0.286. The van der Waals surface area contributed by atoms with E-state index in [0.717, 1.165) is 18.5 Å². The van der Waals surface area contributed by atoms with Gasteiger partial charge in [-0.2, -0.15) is 0 Å². The fourth-order valence-electron chi connectivity index (χ4n) is 3.25. The summed E-state index contributed by atoms with van der Waals surface area (Å²) in [4.78, 5) is 37.3. The van der Waals surface area contributed by atoms with Gasteiger partial charge in [0.05, 0.1) is 5.56 Å². The third-order valence-electron chi connectivity index (χ3n) is 4.63. The maximum absolute atomic E-state index is 12.3. The van der Waals surface area contributed by atoms with Gasteiger partial charge in [0.25, 0.3) is 0 Å². The first-order valence-corrected chi connectivity index (χ1v) is 9.06. The standard InChI is InChI=1S/C21H22N2O4/c24-19(12-11-15-6-1-2-9-18(15)21(26)27)22-16-7-5-8-17(14-16)23-13-4-3-10-20(23)25/h1-2,5-9,14H,3-4,10-13H2,(H,22,24)(H,26,27). The molecule has 6 nitrogen and oxygen atoms in total. The second-order valence-electron chi connectivity index (χ2n) is 6.56. The van der Waals surface area contributed by atoms with E-state index < -0.39 is 5.97 Å². The summed E-state index contributed by atoms with van der Waals surface area (Å²) in [5, 5.41) is 12.0. The first kappa shape index (κ1) is 18.6. The van der Waals surface area contributed by atoms with Crippen LogP contribution in [0.1, 0.15) is 41.6 Å². The molecular weight excluding hydrogens is 344 g/mol. The third kappa shape index (κ3) is 4.73. The maximum atomic E-state index is 12.3. The van der Waals surface area contributed by atoms with Gasteiger partial charge in [-0.3, -0.25) is 9.59 Å². The molecular formula is C21H22N2O4. The summed E-state index contributed by atoms with van der Waals surface area (Å²) in [5.41, 5.74) is 2.26. The van der Waals surface area contributed by atoms with Gasteiger partial charge in [0.2, 0.25) is 11.8 Å². The molecule has 1 aliphatic rings. The normalized spacial score (nSPS) is 14.1. The highest BCUT2D eigenvalue weighted by Gasteiger charge is 2.19. The van der Waals surface area contributed by atoms with E-state index in [1.807, 2.05) is 12.1 Å².